The van der Waals surface area contributed by atoms with E-state index in [0.717, 1.165) is 13.0 Å². The SMILES string of the molecule is O=C(CSc1ncccn1)N1CCc2ccccc2C1. The van der Waals surface area contributed by atoms with Crippen molar-refractivity contribution in [2.45, 2.75) is 18.1 Å². The van der Waals surface area contributed by atoms with E-state index in [9.17, 15) is 4.79 Å². The molecule has 0 atom stereocenters. The van der Waals surface area contributed by atoms with Gasteiger partial charge in [0, 0.05) is 25.5 Å². The second kappa shape index (κ2) is 6.05. The predicted molar refractivity (Wildman–Crippen MR) is 78.3 cm³/mol. The molecule has 2 heterocycles. The van der Waals surface area contributed by atoms with Gasteiger partial charge in [-0.25, -0.2) is 9.97 Å². The van der Waals surface area contributed by atoms with E-state index >= 15 is 0 Å². The van der Waals surface area contributed by atoms with Crippen molar-refractivity contribution in [1.29, 1.82) is 0 Å². The molecule has 0 unspecified atom stereocenters. The Kier molecular flexibility index (Phi) is 3.97. The summed E-state index contributed by atoms with van der Waals surface area (Å²) in [7, 11) is 0. The molecule has 0 spiro atoms. The van der Waals surface area contributed by atoms with Crippen LogP contribution in [0.1, 0.15) is 11.1 Å². The minimum Gasteiger partial charge on any atom is -0.337 e. The molecular formula is C15H15N3OS. The summed E-state index contributed by atoms with van der Waals surface area (Å²) < 4.78 is 0. The molecular weight excluding hydrogens is 270 g/mol. The van der Waals surface area contributed by atoms with Crippen molar-refractivity contribution in [2.75, 3.05) is 12.3 Å². The van der Waals surface area contributed by atoms with Crippen molar-refractivity contribution in [2.24, 2.45) is 0 Å². The van der Waals surface area contributed by atoms with Crippen LogP contribution in [0.4, 0.5) is 0 Å². The van der Waals surface area contributed by atoms with Crippen molar-refractivity contribution >= 4 is 17.7 Å². The summed E-state index contributed by atoms with van der Waals surface area (Å²) in [4.78, 5) is 22.4. The summed E-state index contributed by atoms with van der Waals surface area (Å²) in [5.41, 5.74) is 2.61. The lowest BCUT2D eigenvalue weighted by molar-refractivity contribution is -0.129. The molecule has 1 aromatic carbocycles. The monoisotopic (exact) mass is 285 g/mol. The van der Waals surface area contributed by atoms with Crippen molar-refractivity contribution in [3.05, 3.63) is 53.9 Å². The minimum absolute atomic E-state index is 0.150. The third-order valence-electron chi connectivity index (χ3n) is 3.35. The van der Waals surface area contributed by atoms with Gasteiger partial charge in [0.05, 0.1) is 5.75 Å². The van der Waals surface area contributed by atoms with Crippen molar-refractivity contribution in [1.82, 2.24) is 14.9 Å². The molecule has 1 aliphatic heterocycles. The predicted octanol–water partition coefficient (Wildman–Crippen LogP) is 2.15. The first kappa shape index (κ1) is 13.1. The van der Waals surface area contributed by atoms with Gasteiger partial charge in [0.2, 0.25) is 5.91 Å². The smallest absolute Gasteiger partial charge is 0.233 e. The largest absolute Gasteiger partial charge is 0.337 e. The van der Waals surface area contributed by atoms with Crippen LogP contribution >= 0.6 is 11.8 Å². The molecule has 4 nitrogen and oxygen atoms in total. The van der Waals surface area contributed by atoms with Gasteiger partial charge in [-0.3, -0.25) is 4.79 Å². The molecule has 0 saturated heterocycles. The number of fused-ring (bicyclic) bond motifs is 1. The first-order valence-corrected chi connectivity index (χ1v) is 7.56. The van der Waals surface area contributed by atoms with Gasteiger partial charge in [0.25, 0.3) is 0 Å². The average Bonchev–Trinajstić information content (AvgIpc) is 2.53. The van der Waals surface area contributed by atoms with Gasteiger partial charge in [-0.1, -0.05) is 36.0 Å². The molecule has 0 bridgehead atoms. The first-order chi connectivity index (χ1) is 9.83. The Morgan fingerprint density at radius 3 is 2.70 bits per heavy atom. The Morgan fingerprint density at radius 2 is 1.90 bits per heavy atom. The van der Waals surface area contributed by atoms with Crippen LogP contribution < -0.4 is 0 Å². The average molecular weight is 285 g/mol. The first-order valence-electron chi connectivity index (χ1n) is 6.57. The van der Waals surface area contributed by atoms with Crippen LogP contribution in [0.2, 0.25) is 0 Å². The van der Waals surface area contributed by atoms with E-state index in [1.165, 1.54) is 22.9 Å². The number of rotatable bonds is 3. The molecule has 0 aliphatic carbocycles. The van der Waals surface area contributed by atoms with Crippen LogP contribution in [0.25, 0.3) is 0 Å². The van der Waals surface area contributed by atoms with E-state index in [1.54, 1.807) is 18.5 Å². The standard InChI is InChI=1S/C15H15N3OS/c19-14(11-20-15-16-7-3-8-17-15)18-9-6-12-4-1-2-5-13(12)10-18/h1-5,7-8H,6,9-11H2. The van der Waals surface area contributed by atoms with Crippen molar-refractivity contribution < 1.29 is 4.79 Å². The van der Waals surface area contributed by atoms with E-state index in [4.69, 9.17) is 0 Å². The topological polar surface area (TPSA) is 46.1 Å². The summed E-state index contributed by atoms with van der Waals surface area (Å²) in [6.07, 6.45) is 4.32. The maximum absolute atomic E-state index is 12.2. The minimum atomic E-state index is 0.150. The fourth-order valence-electron chi connectivity index (χ4n) is 2.29. The van der Waals surface area contributed by atoms with Crippen molar-refractivity contribution in [3.63, 3.8) is 0 Å². The van der Waals surface area contributed by atoms with Crippen LogP contribution in [-0.4, -0.2) is 33.1 Å². The van der Waals surface area contributed by atoms with E-state index in [2.05, 4.69) is 28.2 Å². The number of amides is 1. The molecule has 0 radical (unpaired) electrons. The van der Waals surface area contributed by atoms with Crippen LogP contribution in [0.15, 0.2) is 47.9 Å². The molecule has 1 amide bonds. The lowest BCUT2D eigenvalue weighted by atomic mass is 10.00. The molecule has 2 aromatic rings. The summed E-state index contributed by atoms with van der Waals surface area (Å²) in [6.45, 7) is 1.51. The number of hydrogen-bond acceptors (Lipinski definition) is 4. The Labute approximate surface area is 122 Å². The fourth-order valence-corrected chi connectivity index (χ4v) is 2.99. The Hall–Kier alpha value is -1.88. The number of hydrogen-bond donors (Lipinski definition) is 0. The maximum Gasteiger partial charge on any atom is 0.233 e. The number of carbonyl (C=O) groups excluding carboxylic acids is 1. The third-order valence-corrected chi connectivity index (χ3v) is 4.21. The maximum atomic E-state index is 12.2. The second-order valence-corrected chi connectivity index (χ2v) is 5.60. The molecule has 0 fully saturated rings. The van der Waals surface area contributed by atoms with E-state index in [1.807, 2.05) is 11.0 Å². The number of carbonyl (C=O) groups is 1. The normalized spacial score (nSPS) is 13.9. The highest BCUT2D eigenvalue weighted by molar-refractivity contribution is 7.99. The Bertz CT molecular complexity index is 603. The van der Waals surface area contributed by atoms with Gasteiger partial charge >= 0.3 is 0 Å². The molecule has 20 heavy (non-hydrogen) atoms. The molecule has 0 saturated carbocycles. The Balaban J connectivity index is 1.59. The lowest BCUT2D eigenvalue weighted by Crippen LogP contribution is -2.37. The molecule has 1 aromatic heterocycles. The summed E-state index contributed by atoms with van der Waals surface area (Å²) in [6, 6.07) is 10.1. The van der Waals surface area contributed by atoms with Crippen LogP contribution in [0, 0.1) is 0 Å². The summed E-state index contributed by atoms with van der Waals surface area (Å²) in [5.74, 6) is 0.545. The summed E-state index contributed by atoms with van der Waals surface area (Å²) in [5, 5.41) is 0.651. The fraction of sp³-hybridized carbons (Fsp3) is 0.267. The molecule has 3 rings (SSSR count). The van der Waals surface area contributed by atoms with Gasteiger partial charge in [0.1, 0.15) is 0 Å². The number of benzene rings is 1. The van der Waals surface area contributed by atoms with E-state index in [0.29, 0.717) is 17.5 Å². The zero-order valence-corrected chi connectivity index (χ0v) is 11.8. The molecule has 5 heteroatoms. The van der Waals surface area contributed by atoms with Crippen LogP contribution in [0.3, 0.4) is 0 Å². The highest BCUT2D eigenvalue weighted by Crippen LogP contribution is 2.20. The van der Waals surface area contributed by atoms with Crippen LogP contribution in [0.5, 0.6) is 0 Å². The van der Waals surface area contributed by atoms with Gasteiger partial charge in [0.15, 0.2) is 5.16 Å². The van der Waals surface area contributed by atoms with E-state index in [-0.39, 0.29) is 5.91 Å². The summed E-state index contributed by atoms with van der Waals surface area (Å²) >= 11 is 1.39. The second-order valence-electron chi connectivity index (χ2n) is 4.65. The molecule has 102 valence electrons. The third kappa shape index (κ3) is 2.99. The van der Waals surface area contributed by atoms with Gasteiger partial charge < -0.3 is 4.90 Å². The van der Waals surface area contributed by atoms with E-state index < -0.39 is 0 Å². The number of aromatic nitrogens is 2. The zero-order chi connectivity index (χ0) is 13.8. The Morgan fingerprint density at radius 1 is 1.15 bits per heavy atom. The number of thioether (sulfide) groups is 1. The zero-order valence-electron chi connectivity index (χ0n) is 11.0. The van der Waals surface area contributed by atoms with Gasteiger partial charge in [-0.15, -0.1) is 0 Å². The van der Waals surface area contributed by atoms with Gasteiger partial charge in [-0.05, 0) is 23.6 Å². The number of nitrogens with zero attached hydrogens (tertiary/aromatic N) is 3. The highest BCUT2D eigenvalue weighted by atomic mass is 32.2. The highest BCUT2D eigenvalue weighted by Gasteiger charge is 2.20. The molecule has 1 aliphatic rings. The lowest BCUT2D eigenvalue weighted by Gasteiger charge is -2.28. The van der Waals surface area contributed by atoms with Gasteiger partial charge in [-0.2, -0.15) is 0 Å². The van der Waals surface area contributed by atoms with Crippen molar-refractivity contribution in [3.8, 4) is 0 Å². The molecule has 0 N–H and O–H groups in total. The quantitative estimate of drug-likeness (QED) is 0.640. The van der Waals surface area contributed by atoms with Crippen LogP contribution in [-0.2, 0) is 17.8 Å².